The van der Waals surface area contributed by atoms with Gasteiger partial charge in [0.2, 0.25) is 0 Å². The molecule has 3 N–H and O–H groups in total. The van der Waals surface area contributed by atoms with Gasteiger partial charge in [-0.3, -0.25) is 9.59 Å². The molecule has 1 aliphatic heterocycles. The molecule has 0 spiro atoms. The number of hydrogen-bond acceptors (Lipinski definition) is 5. The smallest absolute Gasteiger partial charge is 0.264 e. The average Bonchev–Trinajstić information content (AvgIpc) is 2.96. The maximum atomic E-state index is 12.2. The fourth-order valence-electron chi connectivity index (χ4n) is 2.22. The number of nitrogens with zero attached hydrogens (tertiary/aromatic N) is 1. The molecular formula is C19H16ClN3O3S. The van der Waals surface area contributed by atoms with Crippen LogP contribution < -0.4 is 15.8 Å². The standard InChI is InChI=1S/C19H16ClN3O3S/c1-11-2-5-13(9-15(11)20)22-19-23-18(25)16(27-19)8-12-3-6-14(7-4-12)26-10-17(21)24/h2-9H,10H2,1H3,(H2,21,24)(H,22,23,25). The van der Waals surface area contributed by atoms with Gasteiger partial charge in [-0.1, -0.05) is 29.8 Å². The molecule has 1 saturated heterocycles. The fourth-order valence-corrected chi connectivity index (χ4v) is 3.23. The zero-order valence-corrected chi connectivity index (χ0v) is 15.9. The molecule has 1 aliphatic rings. The first-order chi connectivity index (χ1) is 12.9. The van der Waals surface area contributed by atoms with Crippen molar-refractivity contribution in [3.63, 3.8) is 0 Å². The maximum Gasteiger partial charge on any atom is 0.264 e. The molecular weight excluding hydrogens is 386 g/mol. The first kappa shape index (κ1) is 19.0. The number of carbonyl (C=O) groups is 2. The van der Waals surface area contributed by atoms with Crippen molar-refractivity contribution in [2.45, 2.75) is 6.92 Å². The van der Waals surface area contributed by atoms with E-state index in [4.69, 9.17) is 22.1 Å². The Bertz CT molecular complexity index is 955. The van der Waals surface area contributed by atoms with Crippen molar-refractivity contribution in [1.29, 1.82) is 0 Å². The molecule has 3 rings (SSSR count). The Morgan fingerprint density at radius 3 is 2.70 bits per heavy atom. The van der Waals surface area contributed by atoms with Gasteiger partial charge in [0, 0.05) is 5.02 Å². The van der Waals surface area contributed by atoms with E-state index in [1.54, 1.807) is 36.4 Å². The predicted molar refractivity (Wildman–Crippen MR) is 108 cm³/mol. The van der Waals surface area contributed by atoms with Gasteiger partial charge in [0.25, 0.3) is 11.8 Å². The molecule has 0 saturated carbocycles. The lowest BCUT2D eigenvalue weighted by Gasteiger charge is -2.03. The topological polar surface area (TPSA) is 93.8 Å². The number of thioether (sulfide) groups is 1. The van der Waals surface area contributed by atoms with Crippen LogP contribution in [0.4, 0.5) is 5.69 Å². The van der Waals surface area contributed by atoms with Crippen LogP contribution in [0, 0.1) is 6.92 Å². The van der Waals surface area contributed by atoms with E-state index in [0.717, 1.165) is 11.1 Å². The Kier molecular flexibility index (Phi) is 5.83. The van der Waals surface area contributed by atoms with Crippen LogP contribution in [-0.4, -0.2) is 23.6 Å². The SMILES string of the molecule is Cc1ccc(N=C2NC(=O)C(=Cc3ccc(OCC(N)=O)cc3)S2)cc1Cl. The normalized spacial score (nSPS) is 16.6. The molecule has 0 radical (unpaired) electrons. The minimum Gasteiger partial charge on any atom is -0.484 e. The first-order valence-electron chi connectivity index (χ1n) is 7.97. The Labute approximate surface area is 165 Å². The Morgan fingerprint density at radius 2 is 2.04 bits per heavy atom. The number of aliphatic imine (C=N–C) groups is 1. The van der Waals surface area contributed by atoms with Gasteiger partial charge >= 0.3 is 0 Å². The van der Waals surface area contributed by atoms with Gasteiger partial charge in [-0.25, -0.2) is 4.99 Å². The highest BCUT2D eigenvalue weighted by Gasteiger charge is 2.23. The van der Waals surface area contributed by atoms with Crippen LogP contribution in [0.15, 0.2) is 52.4 Å². The number of hydrogen-bond donors (Lipinski definition) is 2. The zero-order chi connectivity index (χ0) is 19.4. The van der Waals surface area contributed by atoms with Crippen LogP contribution in [0.5, 0.6) is 5.75 Å². The number of nitrogens with one attached hydrogen (secondary N) is 1. The van der Waals surface area contributed by atoms with Crippen LogP contribution in [0.1, 0.15) is 11.1 Å². The molecule has 0 atom stereocenters. The fraction of sp³-hybridized carbons (Fsp3) is 0.105. The Hall–Kier alpha value is -2.77. The molecule has 1 fully saturated rings. The van der Waals surface area contributed by atoms with Crippen molar-refractivity contribution in [1.82, 2.24) is 5.32 Å². The van der Waals surface area contributed by atoms with Crippen LogP contribution >= 0.6 is 23.4 Å². The number of carbonyl (C=O) groups excluding carboxylic acids is 2. The van der Waals surface area contributed by atoms with Crippen molar-refractivity contribution < 1.29 is 14.3 Å². The third-order valence-corrected chi connectivity index (χ3v) is 4.91. The Balaban J connectivity index is 1.72. The van der Waals surface area contributed by atoms with Crippen molar-refractivity contribution in [3.05, 3.63) is 63.5 Å². The summed E-state index contributed by atoms with van der Waals surface area (Å²) in [7, 11) is 0. The highest BCUT2D eigenvalue weighted by atomic mass is 35.5. The highest BCUT2D eigenvalue weighted by molar-refractivity contribution is 8.18. The summed E-state index contributed by atoms with van der Waals surface area (Å²) in [6.07, 6.45) is 1.75. The summed E-state index contributed by atoms with van der Waals surface area (Å²) in [6.45, 7) is 1.73. The number of nitrogens with two attached hydrogens (primary N) is 1. The summed E-state index contributed by atoms with van der Waals surface area (Å²) in [4.78, 5) is 27.8. The number of benzene rings is 2. The molecule has 0 aliphatic carbocycles. The van der Waals surface area contributed by atoms with Crippen molar-refractivity contribution >= 4 is 52.1 Å². The molecule has 27 heavy (non-hydrogen) atoms. The molecule has 138 valence electrons. The molecule has 2 aromatic rings. The van der Waals surface area contributed by atoms with E-state index < -0.39 is 5.91 Å². The molecule has 8 heteroatoms. The van der Waals surface area contributed by atoms with Gasteiger partial charge in [0.15, 0.2) is 11.8 Å². The number of aryl methyl sites for hydroxylation is 1. The highest BCUT2D eigenvalue weighted by Crippen LogP contribution is 2.29. The predicted octanol–water partition coefficient (Wildman–Crippen LogP) is 3.40. The summed E-state index contributed by atoms with van der Waals surface area (Å²) < 4.78 is 5.21. The van der Waals surface area contributed by atoms with Gasteiger partial charge in [0.05, 0.1) is 10.6 Å². The van der Waals surface area contributed by atoms with Crippen molar-refractivity contribution in [2.75, 3.05) is 6.61 Å². The number of amides is 2. The minimum atomic E-state index is -0.540. The van der Waals surface area contributed by atoms with Crippen LogP contribution in [0.2, 0.25) is 5.02 Å². The Morgan fingerprint density at radius 1 is 1.30 bits per heavy atom. The van der Waals surface area contributed by atoms with Crippen molar-refractivity contribution in [3.8, 4) is 5.75 Å². The van der Waals surface area contributed by atoms with E-state index >= 15 is 0 Å². The van der Waals surface area contributed by atoms with E-state index in [0.29, 0.717) is 26.5 Å². The molecule has 0 bridgehead atoms. The maximum absolute atomic E-state index is 12.2. The van der Waals surface area contributed by atoms with Gasteiger partial charge in [-0.2, -0.15) is 0 Å². The molecule has 0 aromatic heterocycles. The number of halogens is 1. The summed E-state index contributed by atoms with van der Waals surface area (Å²) in [5.41, 5.74) is 7.49. The number of rotatable bonds is 5. The minimum absolute atomic E-state index is 0.179. The summed E-state index contributed by atoms with van der Waals surface area (Å²) in [5.74, 6) is -0.231. The lowest BCUT2D eigenvalue weighted by molar-refractivity contribution is -0.120. The zero-order valence-electron chi connectivity index (χ0n) is 14.4. The third kappa shape index (κ3) is 5.12. The van der Waals surface area contributed by atoms with E-state index in [1.165, 1.54) is 11.8 Å². The van der Waals surface area contributed by atoms with Crippen LogP contribution in [-0.2, 0) is 9.59 Å². The molecule has 0 unspecified atom stereocenters. The summed E-state index contributed by atoms with van der Waals surface area (Å²) in [6, 6.07) is 12.4. The van der Waals surface area contributed by atoms with Gasteiger partial charge in [0.1, 0.15) is 5.75 Å². The van der Waals surface area contributed by atoms with Gasteiger partial charge in [-0.15, -0.1) is 0 Å². The number of amidine groups is 1. The number of primary amides is 1. The van der Waals surface area contributed by atoms with E-state index in [1.807, 2.05) is 19.1 Å². The lowest BCUT2D eigenvalue weighted by atomic mass is 10.2. The third-order valence-electron chi connectivity index (χ3n) is 3.60. The largest absolute Gasteiger partial charge is 0.484 e. The number of ether oxygens (including phenoxy) is 1. The monoisotopic (exact) mass is 401 g/mol. The second-order valence-electron chi connectivity index (χ2n) is 5.74. The van der Waals surface area contributed by atoms with E-state index in [2.05, 4.69) is 10.3 Å². The summed E-state index contributed by atoms with van der Waals surface area (Å²) >= 11 is 7.36. The second-order valence-corrected chi connectivity index (χ2v) is 7.18. The second kappa shape index (κ2) is 8.28. The van der Waals surface area contributed by atoms with Gasteiger partial charge in [-0.05, 0) is 60.2 Å². The van der Waals surface area contributed by atoms with Crippen LogP contribution in [0.25, 0.3) is 6.08 Å². The van der Waals surface area contributed by atoms with Crippen LogP contribution in [0.3, 0.4) is 0 Å². The average molecular weight is 402 g/mol. The molecule has 2 aromatic carbocycles. The van der Waals surface area contributed by atoms with E-state index in [-0.39, 0.29) is 12.5 Å². The molecule has 2 amide bonds. The quantitative estimate of drug-likeness (QED) is 0.751. The molecule has 1 heterocycles. The molecule has 6 nitrogen and oxygen atoms in total. The lowest BCUT2D eigenvalue weighted by Crippen LogP contribution is -2.20. The first-order valence-corrected chi connectivity index (χ1v) is 9.17. The van der Waals surface area contributed by atoms with Gasteiger partial charge < -0.3 is 15.8 Å². The van der Waals surface area contributed by atoms with E-state index in [9.17, 15) is 9.59 Å². The van der Waals surface area contributed by atoms with Crippen molar-refractivity contribution in [2.24, 2.45) is 10.7 Å². The summed E-state index contributed by atoms with van der Waals surface area (Å²) in [5, 5.41) is 3.86.